The monoisotopic (exact) mass is 246 g/mol. The highest BCUT2D eigenvalue weighted by Gasteiger charge is 2.37. The van der Waals surface area contributed by atoms with Gasteiger partial charge in [0.1, 0.15) is 0 Å². The van der Waals surface area contributed by atoms with Crippen molar-refractivity contribution in [2.45, 2.75) is 45.1 Å². The molecule has 0 radical (unpaired) electrons. The third-order valence-electron chi connectivity index (χ3n) is 3.92. The predicted molar refractivity (Wildman–Crippen MR) is 67.8 cm³/mol. The first-order chi connectivity index (χ1) is 7.12. The van der Waals surface area contributed by atoms with Crippen molar-refractivity contribution in [3.63, 3.8) is 0 Å². The molecule has 2 aliphatic rings. The van der Waals surface area contributed by atoms with E-state index in [0.717, 1.165) is 37.8 Å². The minimum atomic E-state index is -0.309. The molecule has 4 heteroatoms. The first-order valence-electron chi connectivity index (χ1n) is 6.15. The molecule has 3 atom stereocenters. The molecule has 1 saturated heterocycles. The van der Waals surface area contributed by atoms with E-state index in [2.05, 4.69) is 17.6 Å². The van der Waals surface area contributed by atoms with E-state index in [9.17, 15) is 4.79 Å². The maximum absolute atomic E-state index is 12.0. The number of halogens is 1. The van der Waals surface area contributed by atoms with Crippen LogP contribution < -0.4 is 10.6 Å². The summed E-state index contributed by atoms with van der Waals surface area (Å²) in [6, 6.07) is 0. The van der Waals surface area contributed by atoms with Gasteiger partial charge in [-0.15, -0.1) is 12.4 Å². The molecule has 1 amide bonds. The number of hydrogen-bond donors (Lipinski definition) is 2. The molecule has 0 aromatic rings. The van der Waals surface area contributed by atoms with Gasteiger partial charge in [-0.05, 0) is 51.0 Å². The number of carbonyl (C=O) groups is 1. The lowest BCUT2D eigenvalue weighted by molar-refractivity contribution is -0.128. The molecule has 16 heavy (non-hydrogen) atoms. The van der Waals surface area contributed by atoms with Gasteiger partial charge in [-0.25, -0.2) is 0 Å². The van der Waals surface area contributed by atoms with Crippen LogP contribution in [0.3, 0.4) is 0 Å². The summed E-state index contributed by atoms with van der Waals surface area (Å²) < 4.78 is 0. The Labute approximate surface area is 104 Å². The minimum Gasteiger partial charge on any atom is -0.354 e. The fraction of sp³-hybridized carbons (Fsp3) is 0.917. The lowest BCUT2D eigenvalue weighted by Gasteiger charge is -2.33. The van der Waals surface area contributed by atoms with Crippen molar-refractivity contribution in [3.8, 4) is 0 Å². The molecular formula is C12H23ClN2O. The van der Waals surface area contributed by atoms with Crippen LogP contribution in [0.1, 0.15) is 39.5 Å². The van der Waals surface area contributed by atoms with Crippen LogP contribution in [0.25, 0.3) is 0 Å². The molecule has 0 aromatic heterocycles. The van der Waals surface area contributed by atoms with E-state index >= 15 is 0 Å². The van der Waals surface area contributed by atoms with Gasteiger partial charge in [0.2, 0.25) is 5.91 Å². The van der Waals surface area contributed by atoms with Crippen molar-refractivity contribution < 1.29 is 4.79 Å². The molecule has 1 aliphatic carbocycles. The average molecular weight is 247 g/mol. The Hall–Kier alpha value is -0.280. The predicted octanol–water partition coefficient (Wildman–Crippen LogP) is 1.71. The quantitative estimate of drug-likeness (QED) is 0.796. The van der Waals surface area contributed by atoms with Crippen LogP contribution in [0.5, 0.6) is 0 Å². The van der Waals surface area contributed by atoms with Gasteiger partial charge in [0, 0.05) is 6.54 Å². The van der Waals surface area contributed by atoms with Crippen LogP contribution >= 0.6 is 12.4 Å². The molecule has 2 N–H and O–H groups in total. The van der Waals surface area contributed by atoms with Gasteiger partial charge in [-0.2, -0.15) is 0 Å². The largest absolute Gasteiger partial charge is 0.354 e. The van der Waals surface area contributed by atoms with E-state index in [-0.39, 0.29) is 23.9 Å². The van der Waals surface area contributed by atoms with Gasteiger partial charge in [-0.3, -0.25) is 4.79 Å². The second-order valence-electron chi connectivity index (χ2n) is 5.40. The van der Waals surface area contributed by atoms with Crippen molar-refractivity contribution >= 4 is 18.3 Å². The second kappa shape index (κ2) is 5.37. The first kappa shape index (κ1) is 13.8. The highest BCUT2D eigenvalue weighted by Crippen LogP contribution is 2.36. The highest BCUT2D eigenvalue weighted by atomic mass is 35.5. The average Bonchev–Trinajstić information content (AvgIpc) is 2.92. The van der Waals surface area contributed by atoms with Gasteiger partial charge in [-0.1, -0.05) is 6.92 Å². The standard InChI is InChI=1S/C12H22N2O.ClH/c1-9-7-10(9)8-13-11(15)12(2)5-3-4-6-14-12;/h9-10,14H,3-8H2,1-2H3,(H,13,15);1H. The van der Waals surface area contributed by atoms with Gasteiger partial charge >= 0.3 is 0 Å². The highest BCUT2D eigenvalue weighted by molar-refractivity contribution is 5.86. The Morgan fingerprint density at radius 3 is 2.69 bits per heavy atom. The van der Waals surface area contributed by atoms with E-state index < -0.39 is 0 Å². The Bertz CT molecular complexity index is 251. The number of amides is 1. The molecule has 1 heterocycles. The fourth-order valence-corrected chi connectivity index (χ4v) is 2.35. The number of rotatable bonds is 3. The summed E-state index contributed by atoms with van der Waals surface area (Å²) in [7, 11) is 0. The van der Waals surface area contributed by atoms with Crippen LogP contribution in [0, 0.1) is 11.8 Å². The molecule has 94 valence electrons. The number of piperidine rings is 1. The SMILES string of the molecule is CC1CC1CNC(=O)C1(C)CCCCN1.Cl. The van der Waals surface area contributed by atoms with Crippen molar-refractivity contribution in [2.24, 2.45) is 11.8 Å². The summed E-state index contributed by atoms with van der Waals surface area (Å²) in [5.74, 6) is 1.75. The first-order valence-corrected chi connectivity index (χ1v) is 6.15. The molecule has 1 aliphatic heterocycles. The van der Waals surface area contributed by atoms with Crippen molar-refractivity contribution in [1.82, 2.24) is 10.6 Å². The summed E-state index contributed by atoms with van der Waals surface area (Å²) >= 11 is 0. The fourth-order valence-electron chi connectivity index (χ4n) is 2.35. The third-order valence-corrected chi connectivity index (χ3v) is 3.92. The molecule has 3 nitrogen and oxygen atoms in total. The van der Waals surface area contributed by atoms with Gasteiger partial charge in [0.15, 0.2) is 0 Å². The third kappa shape index (κ3) is 3.11. The second-order valence-corrected chi connectivity index (χ2v) is 5.40. The van der Waals surface area contributed by atoms with Crippen molar-refractivity contribution in [1.29, 1.82) is 0 Å². The van der Waals surface area contributed by atoms with Gasteiger partial charge < -0.3 is 10.6 Å². The minimum absolute atomic E-state index is 0. The summed E-state index contributed by atoms with van der Waals surface area (Å²) in [5.41, 5.74) is -0.309. The lowest BCUT2D eigenvalue weighted by Crippen LogP contribution is -2.57. The topological polar surface area (TPSA) is 41.1 Å². The Kier molecular flexibility index (Phi) is 4.62. The van der Waals surface area contributed by atoms with Crippen LogP contribution in [-0.2, 0) is 4.79 Å². The normalized spacial score (nSPS) is 37.4. The van der Waals surface area contributed by atoms with E-state index in [1.54, 1.807) is 0 Å². The Morgan fingerprint density at radius 1 is 1.50 bits per heavy atom. The molecule has 1 saturated carbocycles. The number of nitrogens with one attached hydrogen (secondary N) is 2. The van der Waals surface area contributed by atoms with E-state index in [1.807, 2.05) is 6.92 Å². The summed E-state index contributed by atoms with van der Waals surface area (Å²) in [6.07, 6.45) is 4.61. The summed E-state index contributed by atoms with van der Waals surface area (Å²) in [6.45, 7) is 6.12. The molecule has 0 aromatic carbocycles. The van der Waals surface area contributed by atoms with Crippen molar-refractivity contribution in [2.75, 3.05) is 13.1 Å². The van der Waals surface area contributed by atoms with Crippen LogP contribution in [0.2, 0.25) is 0 Å². The maximum Gasteiger partial charge on any atom is 0.240 e. The summed E-state index contributed by atoms with van der Waals surface area (Å²) in [5, 5.41) is 6.42. The zero-order chi connectivity index (χ0) is 10.9. The van der Waals surface area contributed by atoms with Crippen molar-refractivity contribution in [3.05, 3.63) is 0 Å². The van der Waals surface area contributed by atoms with Gasteiger partial charge in [0.25, 0.3) is 0 Å². The molecule has 0 spiro atoms. The Morgan fingerprint density at radius 2 is 2.19 bits per heavy atom. The van der Waals surface area contributed by atoms with E-state index in [1.165, 1.54) is 12.8 Å². The van der Waals surface area contributed by atoms with E-state index in [4.69, 9.17) is 0 Å². The maximum atomic E-state index is 12.0. The number of hydrogen-bond acceptors (Lipinski definition) is 2. The van der Waals surface area contributed by atoms with Gasteiger partial charge in [0.05, 0.1) is 5.54 Å². The van der Waals surface area contributed by atoms with Crippen LogP contribution in [-0.4, -0.2) is 24.5 Å². The zero-order valence-corrected chi connectivity index (χ0v) is 11.0. The molecule has 2 fully saturated rings. The molecule has 2 rings (SSSR count). The van der Waals surface area contributed by atoms with Crippen LogP contribution in [0.4, 0.5) is 0 Å². The molecule has 3 unspecified atom stereocenters. The lowest BCUT2D eigenvalue weighted by atomic mass is 9.90. The number of carbonyl (C=O) groups excluding carboxylic acids is 1. The smallest absolute Gasteiger partial charge is 0.240 e. The molecule has 0 bridgehead atoms. The van der Waals surface area contributed by atoms with Crippen LogP contribution in [0.15, 0.2) is 0 Å². The van der Waals surface area contributed by atoms with E-state index in [0.29, 0.717) is 0 Å². The zero-order valence-electron chi connectivity index (χ0n) is 10.2. The summed E-state index contributed by atoms with van der Waals surface area (Å²) in [4.78, 5) is 12.0. The molecular weight excluding hydrogens is 224 g/mol. The Balaban J connectivity index is 0.00000128.